The predicted octanol–water partition coefficient (Wildman–Crippen LogP) is 0.879. The molecule has 0 bridgehead atoms. The second-order valence-electron chi connectivity index (χ2n) is 4.28. The van der Waals surface area contributed by atoms with Gasteiger partial charge < -0.3 is 21.1 Å². The Balaban J connectivity index is 2.46. The molecule has 0 radical (unpaired) electrons. The van der Waals surface area contributed by atoms with Crippen molar-refractivity contribution in [3.63, 3.8) is 0 Å². The topological polar surface area (TPSA) is 93.5 Å². The molecule has 6 heteroatoms. The number of likely N-dealkylation sites (N-methyl/N-ethyl adjacent to an activating group) is 1. The Kier molecular flexibility index (Phi) is 7.13. The number of hydrogen-bond donors (Lipinski definition) is 3. The molecule has 0 saturated carbocycles. The van der Waals surface area contributed by atoms with Gasteiger partial charge in [-0.25, -0.2) is 0 Å². The summed E-state index contributed by atoms with van der Waals surface area (Å²) in [7, 11) is 1.55. The van der Waals surface area contributed by atoms with Crippen LogP contribution in [0.2, 0.25) is 0 Å². The second-order valence-corrected chi connectivity index (χ2v) is 4.28. The predicted molar refractivity (Wildman–Crippen MR) is 77.5 cm³/mol. The molecular formula is C14H21N3O3. The Bertz CT molecular complexity index is 449. The first-order valence-electron chi connectivity index (χ1n) is 6.59. The second kappa shape index (κ2) is 8.92. The van der Waals surface area contributed by atoms with Gasteiger partial charge in [-0.3, -0.25) is 9.59 Å². The maximum Gasteiger partial charge on any atom is 0.257 e. The van der Waals surface area contributed by atoms with Gasteiger partial charge in [-0.1, -0.05) is 6.07 Å². The Morgan fingerprint density at radius 2 is 2.05 bits per heavy atom. The Labute approximate surface area is 118 Å². The minimum Gasteiger partial charge on any atom is -0.484 e. The number of rotatable bonds is 8. The first-order chi connectivity index (χ1) is 9.65. The minimum atomic E-state index is -0.207. The summed E-state index contributed by atoms with van der Waals surface area (Å²) in [6, 6.07) is 6.94. The summed E-state index contributed by atoms with van der Waals surface area (Å²) in [5.41, 5.74) is 6.03. The SMILES string of the molecule is CNC(=O)COc1cccc(NC(=O)CCCCN)c1. The van der Waals surface area contributed by atoms with E-state index in [1.807, 2.05) is 0 Å². The summed E-state index contributed by atoms with van der Waals surface area (Å²) in [5, 5.41) is 5.25. The highest BCUT2D eigenvalue weighted by molar-refractivity contribution is 5.90. The van der Waals surface area contributed by atoms with E-state index in [-0.39, 0.29) is 18.4 Å². The van der Waals surface area contributed by atoms with Gasteiger partial charge in [0.05, 0.1) is 0 Å². The zero-order valence-electron chi connectivity index (χ0n) is 11.6. The van der Waals surface area contributed by atoms with Crippen molar-refractivity contribution in [2.75, 3.05) is 25.5 Å². The van der Waals surface area contributed by atoms with Crippen LogP contribution in [-0.2, 0) is 9.59 Å². The molecule has 0 spiro atoms. The standard InChI is InChI=1S/C14H21N3O3/c1-16-14(19)10-20-12-6-4-5-11(9-12)17-13(18)7-2-3-8-15/h4-6,9H,2-3,7-8,10,15H2,1H3,(H,16,19)(H,17,18). The average Bonchev–Trinajstić information content (AvgIpc) is 2.45. The lowest BCUT2D eigenvalue weighted by molar-refractivity contribution is -0.122. The van der Waals surface area contributed by atoms with E-state index in [4.69, 9.17) is 10.5 Å². The minimum absolute atomic E-state index is 0.0512. The van der Waals surface area contributed by atoms with Gasteiger partial charge in [-0.05, 0) is 31.5 Å². The molecule has 2 amide bonds. The van der Waals surface area contributed by atoms with Gasteiger partial charge in [0.25, 0.3) is 5.91 Å². The number of nitrogens with one attached hydrogen (secondary N) is 2. The fourth-order valence-electron chi connectivity index (χ4n) is 1.54. The molecule has 0 fully saturated rings. The van der Waals surface area contributed by atoms with Crippen LogP contribution >= 0.6 is 0 Å². The maximum atomic E-state index is 11.7. The monoisotopic (exact) mass is 279 g/mol. The lowest BCUT2D eigenvalue weighted by Gasteiger charge is -2.08. The van der Waals surface area contributed by atoms with E-state index in [0.29, 0.717) is 24.4 Å². The van der Waals surface area contributed by atoms with Gasteiger partial charge in [0.15, 0.2) is 6.61 Å². The number of hydrogen-bond acceptors (Lipinski definition) is 4. The van der Waals surface area contributed by atoms with Crippen LogP contribution < -0.4 is 21.1 Å². The quantitative estimate of drug-likeness (QED) is 0.616. The first kappa shape index (κ1) is 16.0. The van der Waals surface area contributed by atoms with Crippen LogP contribution in [-0.4, -0.2) is 32.0 Å². The Hall–Kier alpha value is -2.08. The lowest BCUT2D eigenvalue weighted by Crippen LogP contribution is -2.24. The molecule has 0 atom stereocenters. The summed E-state index contributed by atoms with van der Waals surface area (Å²) >= 11 is 0. The van der Waals surface area contributed by atoms with E-state index in [0.717, 1.165) is 12.8 Å². The van der Waals surface area contributed by atoms with Gasteiger partial charge in [0, 0.05) is 25.2 Å². The molecule has 4 N–H and O–H groups in total. The molecule has 1 rings (SSSR count). The highest BCUT2D eigenvalue weighted by atomic mass is 16.5. The third kappa shape index (κ3) is 6.19. The smallest absolute Gasteiger partial charge is 0.257 e. The molecule has 0 aromatic heterocycles. The summed E-state index contributed by atoms with van der Waals surface area (Å²) < 4.78 is 5.30. The van der Waals surface area contributed by atoms with Gasteiger partial charge in [0.1, 0.15) is 5.75 Å². The van der Waals surface area contributed by atoms with E-state index < -0.39 is 0 Å². The van der Waals surface area contributed by atoms with E-state index in [2.05, 4.69) is 10.6 Å². The van der Waals surface area contributed by atoms with Crippen molar-refractivity contribution < 1.29 is 14.3 Å². The zero-order chi connectivity index (χ0) is 14.8. The molecule has 6 nitrogen and oxygen atoms in total. The number of nitrogens with two attached hydrogens (primary N) is 1. The van der Waals surface area contributed by atoms with E-state index in [9.17, 15) is 9.59 Å². The van der Waals surface area contributed by atoms with Crippen molar-refractivity contribution in [2.24, 2.45) is 5.73 Å². The molecule has 0 aliphatic heterocycles. The zero-order valence-corrected chi connectivity index (χ0v) is 11.6. The van der Waals surface area contributed by atoms with E-state index in [1.165, 1.54) is 0 Å². The fraction of sp³-hybridized carbons (Fsp3) is 0.429. The van der Waals surface area contributed by atoms with E-state index >= 15 is 0 Å². The van der Waals surface area contributed by atoms with Crippen LogP contribution in [0.3, 0.4) is 0 Å². The van der Waals surface area contributed by atoms with Gasteiger partial charge in [-0.2, -0.15) is 0 Å². The summed E-state index contributed by atoms with van der Waals surface area (Å²) in [5.74, 6) is 0.275. The molecule has 1 aromatic carbocycles. The number of ether oxygens (including phenoxy) is 1. The number of carbonyl (C=O) groups is 2. The van der Waals surface area contributed by atoms with Crippen molar-refractivity contribution in [1.29, 1.82) is 0 Å². The fourth-order valence-corrected chi connectivity index (χ4v) is 1.54. The lowest BCUT2D eigenvalue weighted by atomic mass is 10.2. The summed E-state index contributed by atoms with van der Waals surface area (Å²) in [6.45, 7) is 0.542. The molecule has 0 heterocycles. The van der Waals surface area contributed by atoms with Crippen molar-refractivity contribution >= 4 is 17.5 Å². The molecule has 1 aromatic rings. The third-order valence-electron chi connectivity index (χ3n) is 2.62. The number of anilines is 1. The van der Waals surface area contributed by atoms with Crippen LogP contribution in [0.1, 0.15) is 19.3 Å². The third-order valence-corrected chi connectivity index (χ3v) is 2.62. The maximum absolute atomic E-state index is 11.7. The van der Waals surface area contributed by atoms with Crippen LogP contribution in [0, 0.1) is 0 Å². The van der Waals surface area contributed by atoms with Crippen LogP contribution in [0.25, 0.3) is 0 Å². The van der Waals surface area contributed by atoms with Crippen LogP contribution in [0.15, 0.2) is 24.3 Å². The molecule has 0 aliphatic rings. The largest absolute Gasteiger partial charge is 0.484 e. The van der Waals surface area contributed by atoms with Crippen molar-refractivity contribution in [1.82, 2.24) is 5.32 Å². The van der Waals surface area contributed by atoms with Crippen molar-refractivity contribution in [3.05, 3.63) is 24.3 Å². The molecular weight excluding hydrogens is 258 g/mol. The molecule has 20 heavy (non-hydrogen) atoms. The molecule has 0 saturated heterocycles. The van der Waals surface area contributed by atoms with E-state index in [1.54, 1.807) is 31.3 Å². The first-order valence-corrected chi connectivity index (χ1v) is 6.59. The summed E-state index contributed by atoms with van der Waals surface area (Å²) in [4.78, 5) is 22.7. The highest BCUT2D eigenvalue weighted by Crippen LogP contribution is 2.17. The van der Waals surface area contributed by atoms with Crippen molar-refractivity contribution in [3.8, 4) is 5.75 Å². The van der Waals surface area contributed by atoms with Gasteiger partial charge in [0.2, 0.25) is 5.91 Å². The molecule has 110 valence electrons. The molecule has 0 unspecified atom stereocenters. The highest BCUT2D eigenvalue weighted by Gasteiger charge is 2.04. The van der Waals surface area contributed by atoms with Crippen LogP contribution in [0.4, 0.5) is 5.69 Å². The normalized spacial score (nSPS) is 9.90. The van der Waals surface area contributed by atoms with Crippen LogP contribution in [0.5, 0.6) is 5.75 Å². The molecule has 0 aliphatic carbocycles. The number of carbonyl (C=O) groups excluding carboxylic acids is 2. The number of benzene rings is 1. The number of unbranched alkanes of at least 4 members (excludes halogenated alkanes) is 1. The number of amides is 2. The van der Waals surface area contributed by atoms with Gasteiger partial charge >= 0.3 is 0 Å². The average molecular weight is 279 g/mol. The van der Waals surface area contributed by atoms with Crippen molar-refractivity contribution in [2.45, 2.75) is 19.3 Å². The Morgan fingerprint density at radius 1 is 1.25 bits per heavy atom. The summed E-state index contributed by atoms with van der Waals surface area (Å²) in [6.07, 6.45) is 2.05. The van der Waals surface area contributed by atoms with Gasteiger partial charge in [-0.15, -0.1) is 0 Å². The Morgan fingerprint density at radius 3 is 2.75 bits per heavy atom.